The van der Waals surface area contributed by atoms with Crippen molar-refractivity contribution >= 4 is 0 Å². The van der Waals surface area contributed by atoms with Crippen molar-refractivity contribution in [2.75, 3.05) is 6.54 Å². The first-order chi connectivity index (χ1) is 9.22. The van der Waals surface area contributed by atoms with Crippen LogP contribution in [0.1, 0.15) is 57.9 Å². The average molecular weight is 261 g/mol. The monoisotopic (exact) mass is 261 g/mol. The second kappa shape index (κ2) is 6.95. The van der Waals surface area contributed by atoms with Crippen LogP contribution in [0, 0.1) is 0 Å². The lowest BCUT2D eigenvalue weighted by molar-refractivity contribution is 0.113. The predicted molar refractivity (Wildman–Crippen MR) is 80.9 cm³/mol. The Labute approximate surface area is 117 Å². The maximum absolute atomic E-state index is 6.35. The van der Waals surface area contributed by atoms with Crippen LogP contribution in [0.4, 0.5) is 0 Å². The molecule has 106 valence electrons. The van der Waals surface area contributed by atoms with Crippen LogP contribution in [-0.2, 0) is 0 Å². The lowest BCUT2D eigenvalue weighted by Gasteiger charge is -2.33. The Hall–Kier alpha value is -1.02. The number of ether oxygens (including phenoxy) is 1. The summed E-state index contributed by atoms with van der Waals surface area (Å²) < 4.78 is 6.35. The summed E-state index contributed by atoms with van der Waals surface area (Å²) in [4.78, 5) is 0. The fourth-order valence-electron chi connectivity index (χ4n) is 2.96. The maximum atomic E-state index is 6.35. The SMILES string of the molecule is CCNC1CCCCC1Oc1ccccc1C(C)C. The van der Waals surface area contributed by atoms with Crippen LogP contribution in [0.25, 0.3) is 0 Å². The predicted octanol–water partition coefficient (Wildman–Crippen LogP) is 4.11. The number of nitrogens with one attached hydrogen (secondary N) is 1. The largest absolute Gasteiger partial charge is 0.489 e. The summed E-state index contributed by atoms with van der Waals surface area (Å²) in [5, 5.41) is 3.58. The molecule has 1 N–H and O–H groups in total. The highest BCUT2D eigenvalue weighted by Gasteiger charge is 2.26. The fourth-order valence-corrected chi connectivity index (χ4v) is 2.96. The zero-order valence-electron chi connectivity index (χ0n) is 12.5. The van der Waals surface area contributed by atoms with E-state index in [4.69, 9.17) is 4.74 Å². The molecule has 1 aliphatic rings. The molecule has 1 aliphatic carbocycles. The molecule has 0 spiro atoms. The number of benzene rings is 1. The molecule has 1 aromatic carbocycles. The van der Waals surface area contributed by atoms with Crippen LogP contribution in [0.3, 0.4) is 0 Å². The number of hydrogen-bond donors (Lipinski definition) is 1. The van der Waals surface area contributed by atoms with E-state index in [1.165, 1.54) is 31.2 Å². The van der Waals surface area contributed by atoms with Gasteiger partial charge >= 0.3 is 0 Å². The highest BCUT2D eigenvalue weighted by molar-refractivity contribution is 5.35. The smallest absolute Gasteiger partial charge is 0.123 e. The zero-order chi connectivity index (χ0) is 13.7. The topological polar surface area (TPSA) is 21.3 Å². The summed E-state index contributed by atoms with van der Waals surface area (Å²) in [7, 11) is 0. The van der Waals surface area contributed by atoms with Crippen LogP contribution in [-0.4, -0.2) is 18.7 Å². The highest BCUT2D eigenvalue weighted by atomic mass is 16.5. The summed E-state index contributed by atoms with van der Waals surface area (Å²) in [6.07, 6.45) is 5.35. The number of likely N-dealkylation sites (N-methyl/N-ethyl adjacent to an activating group) is 1. The molecule has 1 aromatic rings. The van der Waals surface area contributed by atoms with Crippen molar-refractivity contribution in [3.8, 4) is 5.75 Å². The van der Waals surface area contributed by atoms with Crippen molar-refractivity contribution in [3.05, 3.63) is 29.8 Å². The summed E-state index contributed by atoms with van der Waals surface area (Å²) in [5.74, 6) is 1.59. The Balaban J connectivity index is 2.10. The molecule has 0 aromatic heterocycles. The first-order valence-corrected chi connectivity index (χ1v) is 7.71. The van der Waals surface area contributed by atoms with Crippen molar-refractivity contribution in [1.29, 1.82) is 0 Å². The van der Waals surface area contributed by atoms with Crippen LogP contribution in [0.2, 0.25) is 0 Å². The first-order valence-electron chi connectivity index (χ1n) is 7.71. The van der Waals surface area contributed by atoms with E-state index in [0.717, 1.165) is 12.3 Å². The van der Waals surface area contributed by atoms with Crippen LogP contribution in [0.5, 0.6) is 5.75 Å². The van der Waals surface area contributed by atoms with E-state index in [1.54, 1.807) is 0 Å². The second-order valence-electron chi connectivity index (χ2n) is 5.80. The van der Waals surface area contributed by atoms with Crippen molar-refractivity contribution in [2.24, 2.45) is 0 Å². The molecule has 0 bridgehead atoms. The molecule has 19 heavy (non-hydrogen) atoms. The average Bonchev–Trinajstić information content (AvgIpc) is 2.42. The number of rotatable bonds is 5. The van der Waals surface area contributed by atoms with Gasteiger partial charge in [-0.05, 0) is 43.4 Å². The van der Waals surface area contributed by atoms with Gasteiger partial charge in [0.15, 0.2) is 0 Å². The summed E-state index contributed by atoms with van der Waals surface area (Å²) in [6.45, 7) is 7.65. The molecule has 1 fully saturated rings. The third-order valence-corrected chi connectivity index (χ3v) is 3.99. The van der Waals surface area contributed by atoms with E-state index < -0.39 is 0 Å². The van der Waals surface area contributed by atoms with Gasteiger partial charge in [-0.1, -0.05) is 45.4 Å². The van der Waals surface area contributed by atoms with Gasteiger partial charge in [-0.15, -0.1) is 0 Å². The highest BCUT2D eigenvalue weighted by Crippen LogP contribution is 2.30. The normalized spacial score (nSPS) is 23.6. The molecule has 0 heterocycles. The lowest BCUT2D eigenvalue weighted by atomic mass is 9.92. The Bertz CT molecular complexity index is 387. The molecule has 2 unspecified atom stereocenters. The minimum Gasteiger partial charge on any atom is -0.489 e. The third-order valence-electron chi connectivity index (χ3n) is 3.99. The molecular weight excluding hydrogens is 234 g/mol. The summed E-state index contributed by atoms with van der Waals surface area (Å²) in [6, 6.07) is 8.99. The Morgan fingerprint density at radius 1 is 1.21 bits per heavy atom. The van der Waals surface area contributed by atoms with Gasteiger partial charge in [-0.25, -0.2) is 0 Å². The molecule has 0 saturated heterocycles. The third kappa shape index (κ3) is 3.73. The molecule has 0 radical (unpaired) electrons. The van der Waals surface area contributed by atoms with Gasteiger partial charge in [-0.2, -0.15) is 0 Å². The molecule has 0 aliphatic heterocycles. The molecule has 2 atom stereocenters. The minimum absolute atomic E-state index is 0.327. The van der Waals surface area contributed by atoms with Gasteiger partial charge < -0.3 is 10.1 Å². The van der Waals surface area contributed by atoms with Crippen molar-refractivity contribution in [1.82, 2.24) is 5.32 Å². The number of hydrogen-bond acceptors (Lipinski definition) is 2. The summed E-state index contributed by atoms with van der Waals surface area (Å²) in [5.41, 5.74) is 1.32. The van der Waals surface area contributed by atoms with E-state index >= 15 is 0 Å². The van der Waals surface area contributed by atoms with Gasteiger partial charge in [0.1, 0.15) is 11.9 Å². The first kappa shape index (κ1) is 14.4. The Kier molecular flexibility index (Phi) is 5.26. The Morgan fingerprint density at radius 3 is 2.68 bits per heavy atom. The van der Waals surface area contributed by atoms with E-state index in [0.29, 0.717) is 18.1 Å². The van der Waals surface area contributed by atoms with Gasteiger partial charge in [-0.3, -0.25) is 0 Å². The van der Waals surface area contributed by atoms with E-state index in [1.807, 2.05) is 0 Å². The van der Waals surface area contributed by atoms with Gasteiger partial charge in [0.05, 0.1) is 0 Å². The van der Waals surface area contributed by atoms with E-state index in [2.05, 4.69) is 50.4 Å². The zero-order valence-corrected chi connectivity index (χ0v) is 12.5. The molecule has 2 heteroatoms. The second-order valence-corrected chi connectivity index (χ2v) is 5.80. The minimum atomic E-state index is 0.327. The van der Waals surface area contributed by atoms with Crippen molar-refractivity contribution in [2.45, 2.75) is 64.5 Å². The standard InChI is InChI=1S/C17H27NO/c1-4-18-15-10-6-8-12-17(15)19-16-11-7-5-9-14(16)13(2)3/h5,7,9,11,13,15,17-18H,4,6,8,10,12H2,1-3H3. The van der Waals surface area contributed by atoms with Crippen LogP contribution >= 0.6 is 0 Å². The molecule has 0 amide bonds. The summed E-state index contributed by atoms with van der Waals surface area (Å²) >= 11 is 0. The quantitative estimate of drug-likeness (QED) is 0.861. The maximum Gasteiger partial charge on any atom is 0.123 e. The Morgan fingerprint density at radius 2 is 1.95 bits per heavy atom. The molecule has 1 saturated carbocycles. The van der Waals surface area contributed by atoms with E-state index in [-0.39, 0.29) is 0 Å². The molecule has 2 rings (SSSR count). The number of para-hydroxylation sites is 1. The van der Waals surface area contributed by atoms with Gasteiger partial charge in [0, 0.05) is 6.04 Å². The lowest BCUT2D eigenvalue weighted by Crippen LogP contribution is -2.45. The molecule has 2 nitrogen and oxygen atoms in total. The van der Waals surface area contributed by atoms with Crippen LogP contribution < -0.4 is 10.1 Å². The fraction of sp³-hybridized carbons (Fsp3) is 0.647. The van der Waals surface area contributed by atoms with Gasteiger partial charge in [0.25, 0.3) is 0 Å². The van der Waals surface area contributed by atoms with Crippen LogP contribution in [0.15, 0.2) is 24.3 Å². The van der Waals surface area contributed by atoms with E-state index in [9.17, 15) is 0 Å². The van der Waals surface area contributed by atoms with Crippen molar-refractivity contribution < 1.29 is 4.74 Å². The van der Waals surface area contributed by atoms with Crippen molar-refractivity contribution in [3.63, 3.8) is 0 Å². The molecular formula is C17H27NO. The van der Waals surface area contributed by atoms with Gasteiger partial charge in [0.2, 0.25) is 0 Å².